The topological polar surface area (TPSA) is 108 Å². The summed E-state index contributed by atoms with van der Waals surface area (Å²) in [5.41, 5.74) is 0.194. The van der Waals surface area contributed by atoms with Gasteiger partial charge in [0.2, 0.25) is 0 Å². The van der Waals surface area contributed by atoms with Gasteiger partial charge in [-0.25, -0.2) is 9.59 Å². The van der Waals surface area contributed by atoms with Crippen LogP contribution in [-0.4, -0.2) is 40.8 Å². The summed E-state index contributed by atoms with van der Waals surface area (Å²) < 4.78 is 5.51. The van der Waals surface area contributed by atoms with Gasteiger partial charge in [0.1, 0.15) is 17.9 Å². The first kappa shape index (κ1) is 18.2. The minimum absolute atomic E-state index is 0.0681. The van der Waals surface area contributed by atoms with Gasteiger partial charge in [0.25, 0.3) is 0 Å². The highest BCUT2D eigenvalue weighted by Crippen LogP contribution is 2.31. The van der Waals surface area contributed by atoms with Crippen molar-refractivity contribution in [2.45, 2.75) is 45.2 Å². The van der Waals surface area contributed by atoms with Gasteiger partial charge in [-0.15, -0.1) is 0 Å². The van der Waals surface area contributed by atoms with Crippen molar-refractivity contribution in [3.63, 3.8) is 0 Å². The second kappa shape index (κ2) is 7.59. The van der Waals surface area contributed by atoms with Crippen molar-refractivity contribution >= 4 is 12.0 Å². The van der Waals surface area contributed by atoms with Gasteiger partial charge >= 0.3 is 6.09 Å². The fourth-order valence-electron chi connectivity index (χ4n) is 2.76. The smallest absolute Gasteiger partial charge is 0.409 e. The highest BCUT2D eigenvalue weighted by molar-refractivity contribution is 5.71. The molecular weight excluding hydrogens is 312 g/mol. The third kappa shape index (κ3) is 4.66. The number of allylic oxidation sites excluding steroid dienone is 1. The molecule has 0 aliphatic carbocycles. The van der Waals surface area contributed by atoms with Crippen molar-refractivity contribution in [1.82, 2.24) is 10.6 Å². The second-order valence-corrected chi connectivity index (χ2v) is 6.47. The van der Waals surface area contributed by atoms with E-state index in [0.717, 1.165) is 5.56 Å². The predicted octanol–water partition coefficient (Wildman–Crippen LogP) is 1.26. The van der Waals surface area contributed by atoms with Gasteiger partial charge in [-0.2, -0.15) is 0 Å². The zero-order valence-corrected chi connectivity index (χ0v) is 13.7. The van der Waals surface area contributed by atoms with Crippen LogP contribution in [0.2, 0.25) is 0 Å². The first-order valence-electron chi connectivity index (χ1n) is 7.71. The molecule has 1 aromatic carbocycles. The van der Waals surface area contributed by atoms with E-state index in [-0.39, 0.29) is 11.7 Å². The van der Waals surface area contributed by atoms with E-state index in [9.17, 15) is 14.7 Å². The molecule has 2 rings (SSSR count). The molecular formula is C17H22N2O5. The lowest BCUT2D eigenvalue weighted by Crippen LogP contribution is -2.39. The lowest BCUT2D eigenvalue weighted by Gasteiger charge is -2.27. The summed E-state index contributed by atoms with van der Waals surface area (Å²) in [7, 11) is 0. The number of carbonyl (C=O) groups excluding carboxylic acids is 1. The minimum Gasteiger partial charge on any atom is -0.465 e. The van der Waals surface area contributed by atoms with Crippen LogP contribution in [0.5, 0.6) is 0 Å². The molecule has 1 aromatic rings. The standard InChI is InChI=1S/C17H22N2O5/c1-17(2,13(10-20)19-16(22)23)9-14-18-12(15(21)24-14)8-11-6-4-3-5-7-11/h3-7,12,14-15,18-19,21H,8-9H2,1-2H3,(H,22,23). The zero-order valence-electron chi connectivity index (χ0n) is 13.7. The van der Waals surface area contributed by atoms with Crippen LogP contribution in [0.25, 0.3) is 0 Å². The Kier molecular flexibility index (Phi) is 5.75. The number of nitrogens with one attached hydrogen (secondary N) is 2. The Morgan fingerprint density at radius 3 is 2.62 bits per heavy atom. The van der Waals surface area contributed by atoms with Crippen LogP contribution in [0, 0.1) is 5.41 Å². The van der Waals surface area contributed by atoms with E-state index in [1.807, 2.05) is 30.3 Å². The third-order valence-corrected chi connectivity index (χ3v) is 4.05. The van der Waals surface area contributed by atoms with Crippen LogP contribution < -0.4 is 10.6 Å². The van der Waals surface area contributed by atoms with E-state index >= 15 is 0 Å². The molecule has 4 N–H and O–H groups in total. The Morgan fingerprint density at radius 2 is 2.04 bits per heavy atom. The summed E-state index contributed by atoms with van der Waals surface area (Å²) in [6.07, 6.45) is -1.88. The highest BCUT2D eigenvalue weighted by Gasteiger charge is 2.38. The van der Waals surface area contributed by atoms with Gasteiger partial charge in [0, 0.05) is 5.41 Å². The summed E-state index contributed by atoms with van der Waals surface area (Å²) >= 11 is 0. The van der Waals surface area contributed by atoms with Crippen LogP contribution in [-0.2, 0) is 16.0 Å². The van der Waals surface area contributed by atoms with Crippen LogP contribution in [0.15, 0.2) is 36.0 Å². The fraction of sp³-hybridized carbons (Fsp3) is 0.471. The highest BCUT2D eigenvalue weighted by atomic mass is 16.6. The minimum atomic E-state index is -1.32. The van der Waals surface area contributed by atoms with Gasteiger partial charge < -0.3 is 14.9 Å². The molecule has 0 radical (unpaired) electrons. The first-order valence-corrected chi connectivity index (χ1v) is 7.71. The van der Waals surface area contributed by atoms with Crippen molar-refractivity contribution < 1.29 is 24.5 Å². The Hall–Kier alpha value is -2.18. The van der Waals surface area contributed by atoms with Gasteiger partial charge in [0.05, 0.1) is 6.04 Å². The SMILES string of the molecule is CC(C)(CC1NC(Cc2ccccc2)C(O)O1)C(=C=O)NC(=O)O. The number of hydrogen-bond acceptors (Lipinski definition) is 5. The molecule has 0 spiro atoms. The maximum atomic E-state index is 11.0. The van der Waals surface area contributed by atoms with Crippen LogP contribution in [0.4, 0.5) is 4.79 Å². The molecule has 24 heavy (non-hydrogen) atoms. The van der Waals surface area contributed by atoms with Gasteiger partial charge in [0.15, 0.2) is 6.29 Å². The number of aliphatic hydroxyl groups excluding tert-OH is 1. The van der Waals surface area contributed by atoms with E-state index < -0.39 is 24.0 Å². The summed E-state index contributed by atoms with van der Waals surface area (Å²) in [4.78, 5) is 21.8. The van der Waals surface area contributed by atoms with Crippen molar-refractivity contribution in [2.24, 2.45) is 5.41 Å². The quantitative estimate of drug-likeness (QED) is 0.583. The Morgan fingerprint density at radius 1 is 1.38 bits per heavy atom. The third-order valence-electron chi connectivity index (χ3n) is 4.05. The number of carboxylic acid groups (broad SMARTS) is 1. The van der Waals surface area contributed by atoms with Crippen molar-refractivity contribution in [3.8, 4) is 0 Å². The van der Waals surface area contributed by atoms with E-state index in [2.05, 4.69) is 10.6 Å². The molecule has 7 heteroatoms. The number of amides is 1. The molecule has 1 heterocycles. The molecule has 0 saturated carbocycles. The first-order chi connectivity index (χ1) is 11.3. The molecule has 130 valence electrons. The molecule has 1 saturated heterocycles. The van der Waals surface area contributed by atoms with Crippen molar-refractivity contribution in [1.29, 1.82) is 0 Å². The maximum absolute atomic E-state index is 11.0. The largest absolute Gasteiger partial charge is 0.465 e. The van der Waals surface area contributed by atoms with Gasteiger partial charge in [-0.05, 0) is 18.4 Å². The van der Waals surface area contributed by atoms with Crippen LogP contribution in [0.1, 0.15) is 25.8 Å². The summed E-state index contributed by atoms with van der Waals surface area (Å²) in [5, 5.41) is 24.1. The number of rotatable bonds is 6. The zero-order chi connectivity index (χ0) is 17.7. The number of aliphatic hydroxyl groups is 1. The molecule has 7 nitrogen and oxygen atoms in total. The number of ether oxygens (including phenoxy) is 1. The van der Waals surface area contributed by atoms with E-state index in [0.29, 0.717) is 12.8 Å². The molecule has 1 aliphatic rings. The predicted molar refractivity (Wildman–Crippen MR) is 86.7 cm³/mol. The van der Waals surface area contributed by atoms with Crippen molar-refractivity contribution in [2.75, 3.05) is 0 Å². The summed E-state index contributed by atoms with van der Waals surface area (Å²) in [6.45, 7) is 3.43. The average Bonchev–Trinajstić information content (AvgIpc) is 2.84. The Balaban J connectivity index is 1.98. The Bertz CT molecular complexity index is 625. The normalized spacial score (nSPS) is 23.5. The molecule has 3 unspecified atom stereocenters. The monoisotopic (exact) mass is 334 g/mol. The van der Waals surface area contributed by atoms with Gasteiger partial charge in [-0.3, -0.25) is 10.6 Å². The lowest BCUT2D eigenvalue weighted by atomic mass is 9.85. The van der Waals surface area contributed by atoms with E-state index in [4.69, 9.17) is 9.84 Å². The van der Waals surface area contributed by atoms with E-state index in [1.165, 1.54) is 0 Å². The summed E-state index contributed by atoms with van der Waals surface area (Å²) in [6, 6.07) is 9.44. The second-order valence-electron chi connectivity index (χ2n) is 6.47. The molecule has 1 aliphatic heterocycles. The number of carbonyl (C=O) groups is 1. The molecule has 1 amide bonds. The summed E-state index contributed by atoms with van der Waals surface area (Å²) in [5.74, 6) is 1.64. The lowest BCUT2D eigenvalue weighted by molar-refractivity contribution is -0.103. The molecule has 1 fully saturated rings. The molecule has 0 bridgehead atoms. The molecule has 0 aromatic heterocycles. The van der Waals surface area contributed by atoms with Crippen LogP contribution in [0.3, 0.4) is 0 Å². The van der Waals surface area contributed by atoms with Crippen molar-refractivity contribution in [3.05, 3.63) is 41.6 Å². The number of hydrogen-bond donors (Lipinski definition) is 4. The number of benzene rings is 1. The van der Waals surface area contributed by atoms with Gasteiger partial charge in [-0.1, -0.05) is 44.2 Å². The Labute approximate surface area is 140 Å². The van der Waals surface area contributed by atoms with E-state index in [1.54, 1.807) is 19.8 Å². The average molecular weight is 334 g/mol. The van der Waals surface area contributed by atoms with Crippen LogP contribution >= 0.6 is 0 Å². The maximum Gasteiger partial charge on any atom is 0.409 e. The fourth-order valence-corrected chi connectivity index (χ4v) is 2.76. The molecule has 3 atom stereocenters.